The van der Waals surface area contributed by atoms with Crippen LogP contribution in [0.15, 0.2) is 28.7 Å². The van der Waals surface area contributed by atoms with Crippen LogP contribution in [0, 0.1) is 11.3 Å². The monoisotopic (exact) mass is 306 g/mol. The van der Waals surface area contributed by atoms with Gasteiger partial charge in [0.1, 0.15) is 6.10 Å². The number of nitrogens with zero attached hydrogens (tertiary/aromatic N) is 1. The zero-order chi connectivity index (χ0) is 13.0. The van der Waals surface area contributed by atoms with E-state index in [1.807, 2.05) is 30.3 Å². The maximum absolute atomic E-state index is 10.3. The Hall–Kier alpha value is -1.80. The smallest absolute Gasteiger partial charge is 0.293 e. The maximum atomic E-state index is 10.3. The lowest BCUT2D eigenvalue weighted by Crippen LogP contribution is -2.14. The summed E-state index contributed by atoms with van der Waals surface area (Å²) in [7, 11) is 0. The van der Waals surface area contributed by atoms with Crippen LogP contribution in [0.3, 0.4) is 0 Å². The molecule has 0 amide bonds. The Morgan fingerprint density at radius 1 is 1.50 bits per heavy atom. The van der Waals surface area contributed by atoms with Crippen molar-refractivity contribution in [3.8, 4) is 6.07 Å². The number of ether oxygens (including phenoxy) is 1. The fourth-order valence-electron chi connectivity index (χ4n) is 1.86. The van der Waals surface area contributed by atoms with Crippen LogP contribution in [0.4, 0.5) is 0 Å². The molecule has 2 aromatic rings. The lowest BCUT2D eigenvalue weighted by atomic mass is 10.1. The molecule has 0 aliphatic heterocycles. The summed E-state index contributed by atoms with van der Waals surface area (Å²) in [5, 5.41) is 9.75. The van der Waals surface area contributed by atoms with Crippen molar-refractivity contribution in [3.05, 3.63) is 34.4 Å². The number of hydrogen-bond donors (Lipinski definition) is 1. The second-order valence-electron chi connectivity index (χ2n) is 3.95. The number of rotatable bonds is 5. The highest BCUT2D eigenvalue weighted by atomic mass is 79.9. The Balaban J connectivity index is 2.20. The van der Waals surface area contributed by atoms with Crippen molar-refractivity contribution in [2.45, 2.75) is 18.9 Å². The first-order valence-corrected chi connectivity index (χ1v) is 6.25. The third-order valence-corrected chi connectivity index (χ3v) is 3.15. The van der Waals surface area contributed by atoms with Gasteiger partial charge in [-0.3, -0.25) is 4.79 Å². The average Bonchev–Trinajstić information content (AvgIpc) is 2.71. The molecule has 1 unspecified atom stereocenters. The van der Waals surface area contributed by atoms with Crippen LogP contribution >= 0.6 is 15.9 Å². The van der Waals surface area contributed by atoms with Gasteiger partial charge in [0.05, 0.1) is 12.5 Å². The number of aromatic amines is 1. The van der Waals surface area contributed by atoms with E-state index in [0.29, 0.717) is 12.9 Å². The molecule has 0 bridgehead atoms. The van der Waals surface area contributed by atoms with Gasteiger partial charge in [-0.05, 0) is 23.6 Å². The summed E-state index contributed by atoms with van der Waals surface area (Å²) in [6.07, 6.45) is 0.306. The molecule has 0 spiro atoms. The first-order valence-electron chi connectivity index (χ1n) is 5.46. The molecule has 1 aromatic heterocycles. The van der Waals surface area contributed by atoms with Crippen LogP contribution in [0.1, 0.15) is 12.1 Å². The summed E-state index contributed by atoms with van der Waals surface area (Å²) in [5.74, 6) is 0. The summed E-state index contributed by atoms with van der Waals surface area (Å²) in [6.45, 7) is 0.390. The van der Waals surface area contributed by atoms with E-state index in [1.165, 1.54) is 0 Å². The molecule has 1 aromatic carbocycles. The molecule has 0 aliphatic carbocycles. The second kappa shape index (κ2) is 5.69. The number of carbonyl (C=O) groups is 1. The highest BCUT2D eigenvalue weighted by Gasteiger charge is 2.12. The number of hydrogen-bond acceptors (Lipinski definition) is 3. The van der Waals surface area contributed by atoms with Crippen LogP contribution in [0.25, 0.3) is 10.9 Å². The van der Waals surface area contributed by atoms with Crippen LogP contribution in [-0.2, 0) is 16.0 Å². The van der Waals surface area contributed by atoms with Gasteiger partial charge in [-0.1, -0.05) is 22.0 Å². The Kier molecular flexibility index (Phi) is 4.00. The molecule has 1 atom stereocenters. The Bertz CT molecular complexity index is 601. The van der Waals surface area contributed by atoms with E-state index < -0.39 is 6.10 Å². The number of carbonyl (C=O) groups excluding carboxylic acids is 1. The summed E-state index contributed by atoms with van der Waals surface area (Å²) in [6, 6.07) is 9.96. The molecule has 5 heteroatoms. The fourth-order valence-corrected chi connectivity index (χ4v) is 2.22. The van der Waals surface area contributed by atoms with Crippen molar-refractivity contribution < 1.29 is 9.53 Å². The van der Waals surface area contributed by atoms with Crippen LogP contribution in [0.5, 0.6) is 0 Å². The molecule has 2 rings (SSSR count). The van der Waals surface area contributed by atoms with Crippen molar-refractivity contribution >= 4 is 33.3 Å². The van der Waals surface area contributed by atoms with Gasteiger partial charge < -0.3 is 9.72 Å². The fraction of sp³-hybridized carbons (Fsp3) is 0.231. The topological polar surface area (TPSA) is 65.9 Å². The molecule has 4 nitrogen and oxygen atoms in total. The molecular weight excluding hydrogens is 296 g/mol. The molecule has 92 valence electrons. The summed E-state index contributed by atoms with van der Waals surface area (Å²) in [4.78, 5) is 13.6. The van der Waals surface area contributed by atoms with E-state index in [4.69, 9.17) is 10.00 Å². The molecule has 1 heterocycles. The van der Waals surface area contributed by atoms with Crippen molar-refractivity contribution in [2.75, 3.05) is 0 Å². The number of nitrogens with one attached hydrogen (secondary N) is 1. The zero-order valence-corrected chi connectivity index (χ0v) is 11.1. The van der Waals surface area contributed by atoms with Crippen LogP contribution < -0.4 is 0 Å². The average molecular weight is 307 g/mol. The van der Waals surface area contributed by atoms with Crippen molar-refractivity contribution in [1.29, 1.82) is 5.26 Å². The number of benzene rings is 1. The summed E-state index contributed by atoms with van der Waals surface area (Å²) < 4.78 is 5.87. The predicted octanol–water partition coefficient (Wildman–Crippen LogP) is 2.93. The summed E-state index contributed by atoms with van der Waals surface area (Å²) >= 11 is 3.41. The Labute approximate surface area is 113 Å². The number of H-pyrrole nitrogens is 1. The van der Waals surface area contributed by atoms with E-state index in [9.17, 15) is 4.79 Å². The van der Waals surface area contributed by atoms with Crippen LogP contribution in [-0.4, -0.2) is 17.6 Å². The van der Waals surface area contributed by atoms with Gasteiger partial charge in [0.15, 0.2) is 0 Å². The van der Waals surface area contributed by atoms with Crippen molar-refractivity contribution in [1.82, 2.24) is 4.98 Å². The number of fused-ring (bicyclic) bond motifs is 1. The minimum Gasteiger partial charge on any atom is -0.463 e. The maximum Gasteiger partial charge on any atom is 0.293 e. The van der Waals surface area contributed by atoms with Gasteiger partial charge in [-0.2, -0.15) is 5.26 Å². The Morgan fingerprint density at radius 2 is 2.33 bits per heavy atom. The third-order valence-electron chi connectivity index (χ3n) is 2.65. The molecule has 0 aliphatic rings. The van der Waals surface area contributed by atoms with E-state index in [1.54, 1.807) is 0 Å². The molecular formula is C13H11BrN2O2. The number of aromatic nitrogens is 1. The second-order valence-corrected chi connectivity index (χ2v) is 4.86. The Morgan fingerprint density at radius 3 is 3.06 bits per heavy atom. The largest absolute Gasteiger partial charge is 0.463 e. The number of nitriles is 1. The first-order chi connectivity index (χ1) is 8.72. The quantitative estimate of drug-likeness (QED) is 0.864. The molecule has 1 N–H and O–H groups in total. The minimum atomic E-state index is -0.399. The predicted molar refractivity (Wildman–Crippen MR) is 70.9 cm³/mol. The number of halogens is 1. The van der Waals surface area contributed by atoms with E-state index in [2.05, 4.69) is 20.9 Å². The molecule has 0 radical (unpaired) electrons. The van der Waals surface area contributed by atoms with Gasteiger partial charge in [0, 0.05) is 22.1 Å². The molecule has 0 saturated carbocycles. The minimum absolute atomic E-state index is 0.192. The van der Waals surface area contributed by atoms with Gasteiger partial charge >= 0.3 is 0 Å². The normalized spacial score (nSPS) is 12.0. The first kappa shape index (κ1) is 12.7. The highest BCUT2D eigenvalue weighted by Crippen LogP contribution is 2.21. The standard InChI is InChI=1S/C13H11BrN2O2/c14-10-2-1-9-5-11(16-13(9)6-10)7-12(3-4-15)18-8-17/h1-2,5-6,8,12,16H,3,7H2. The molecule has 18 heavy (non-hydrogen) atoms. The van der Waals surface area contributed by atoms with Gasteiger partial charge in [0.25, 0.3) is 6.47 Å². The molecule has 0 saturated heterocycles. The van der Waals surface area contributed by atoms with Gasteiger partial charge in [-0.25, -0.2) is 0 Å². The van der Waals surface area contributed by atoms with Gasteiger partial charge in [-0.15, -0.1) is 0 Å². The van der Waals surface area contributed by atoms with Gasteiger partial charge in [0.2, 0.25) is 0 Å². The lowest BCUT2D eigenvalue weighted by molar-refractivity contribution is -0.133. The zero-order valence-electron chi connectivity index (χ0n) is 9.52. The van der Waals surface area contributed by atoms with Crippen molar-refractivity contribution in [2.24, 2.45) is 0 Å². The third kappa shape index (κ3) is 2.90. The van der Waals surface area contributed by atoms with Crippen molar-refractivity contribution in [3.63, 3.8) is 0 Å². The summed E-state index contributed by atoms with van der Waals surface area (Å²) in [5.41, 5.74) is 1.96. The van der Waals surface area contributed by atoms with E-state index in [-0.39, 0.29) is 6.42 Å². The van der Waals surface area contributed by atoms with E-state index >= 15 is 0 Å². The highest BCUT2D eigenvalue weighted by molar-refractivity contribution is 9.10. The van der Waals surface area contributed by atoms with Crippen LogP contribution in [0.2, 0.25) is 0 Å². The van der Waals surface area contributed by atoms with E-state index in [0.717, 1.165) is 21.1 Å². The SMILES string of the molecule is N#CCC(Cc1cc2ccc(Br)cc2[nH]1)OC=O. The lowest BCUT2D eigenvalue weighted by Gasteiger charge is -2.09. The molecule has 0 fully saturated rings.